The maximum Gasteiger partial charge on any atom is 0.337 e. The van der Waals surface area contributed by atoms with Crippen molar-refractivity contribution in [1.29, 1.82) is 0 Å². The lowest BCUT2D eigenvalue weighted by molar-refractivity contribution is 0.0697. The zero-order valence-electron chi connectivity index (χ0n) is 9.56. The van der Waals surface area contributed by atoms with Crippen LogP contribution in [-0.2, 0) is 0 Å². The van der Waals surface area contributed by atoms with Crippen LogP contribution in [0.25, 0.3) is 0 Å². The first-order valence-electron chi connectivity index (χ1n) is 5.05. The number of carboxylic acids is 1. The van der Waals surface area contributed by atoms with E-state index < -0.39 is 25.0 Å². The number of hydrogen-bond acceptors (Lipinski definition) is 2. The van der Waals surface area contributed by atoms with Crippen molar-refractivity contribution in [3.05, 3.63) is 29.8 Å². The van der Waals surface area contributed by atoms with Gasteiger partial charge in [-0.25, -0.2) is 18.4 Å². The fourth-order valence-electron chi connectivity index (χ4n) is 1.34. The summed E-state index contributed by atoms with van der Waals surface area (Å²) in [6.07, 6.45) is -2.66. The number of hydrogen-bond donors (Lipinski definition) is 2. The fraction of sp³-hybridized carbons (Fsp3) is 0.273. The molecule has 1 aromatic rings. The van der Waals surface area contributed by atoms with Gasteiger partial charge < -0.3 is 10.4 Å². The third-order valence-electron chi connectivity index (χ3n) is 2.21. The second kappa shape index (κ2) is 5.95. The number of amides is 2. The summed E-state index contributed by atoms with van der Waals surface area (Å²) >= 11 is 0. The number of rotatable bonds is 4. The highest BCUT2D eigenvalue weighted by molar-refractivity contribution is 6.01. The van der Waals surface area contributed by atoms with E-state index in [4.69, 9.17) is 5.11 Å². The Balaban J connectivity index is 2.86. The van der Waals surface area contributed by atoms with Gasteiger partial charge in [0.05, 0.1) is 17.8 Å². The highest BCUT2D eigenvalue weighted by Crippen LogP contribution is 2.19. The largest absolute Gasteiger partial charge is 0.478 e. The Morgan fingerprint density at radius 1 is 1.39 bits per heavy atom. The van der Waals surface area contributed by atoms with Crippen LogP contribution in [0.15, 0.2) is 24.3 Å². The number of carboxylic acid groups (broad SMARTS) is 1. The third-order valence-corrected chi connectivity index (χ3v) is 2.21. The predicted octanol–water partition coefficient (Wildman–Crippen LogP) is 1.80. The van der Waals surface area contributed by atoms with E-state index in [1.165, 1.54) is 25.2 Å². The maximum atomic E-state index is 11.9. The van der Waals surface area contributed by atoms with Crippen molar-refractivity contribution in [3.8, 4) is 0 Å². The normalized spacial score (nSPS) is 10.2. The number of nitrogens with one attached hydrogen (secondary N) is 1. The van der Waals surface area contributed by atoms with Gasteiger partial charge >= 0.3 is 12.0 Å². The molecule has 0 saturated heterocycles. The molecule has 0 unspecified atom stereocenters. The van der Waals surface area contributed by atoms with Gasteiger partial charge in [-0.05, 0) is 12.1 Å². The lowest BCUT2D eigenvalue weighted by atomic mass is 10.1. The van der Waals surface area contributed by atoms with E-state index >= 15 is 0 Å². The topological polar surface area (TPSA) is 69.6 Å². The molecule has 1 aromatic carbocycles. The molecule has 0 atom stereocenters. The lowest BCUT2D eigenvalue weighted by Gasteiger charge is -2.19. The molecular weight excluding hydrogens is 246 g/mol. The van der Waals surface area contributed by atoms with Crippen molar-refractivity contribution >= 4 is 17.7 Å². The molecule has 1 rings (SSSR count). The van der Waals surface area contributed by atoms with Crippen molar-refractivity contribution in [1.82, 2.24) is 5.32 Å². The number of aromatic carboxylic acids is 1. The standard InChI is InChI=1S/C11H12F2N2O3/c1-15(11(18)14-6-9(12)13)8-5-3-2-4-7(8)10(16)17/h2-5,9H,6H2,1H3,(H,14,18)(H,16,17). The third kappa shape index (κ3) is 3.41. The van der Waals surface area contributed by atoms with Crippen LogP contribution in [0.2, 0.25) is 0 Å². The number of carbonyl (C=O) groups is 2. The zero-order chi connectivity index (χ0) is 13.7. The molecule has 0 aliphatic carbocycles. The minimum atomic E-state index is -2.66. The van der Waals surface area contributed by atoms with E-state index in [0.29, 0.717) is 0 Å². The molecule has 0 radical (unpaired) electrons. The first-order chi connectivity index (χ1) is 8.43. The van der Waals surface area contributed by atoms with Crippen LogP contribution < -0.4 is 10.2 Å². The number of nitrogens with zero attached hydrogens (tertiary/aromatic N) is 1. The molecule has 0 spiro atoms. The molecule has 5 nitrogen and oxygen atoms in total. The van der Waals surface area contributed by atoms with Crippen molar-refractivity contribution in [2.24, 2.45) is 0 Å². The van der Waals surface area contributed by atoms with Crippen LogP contribution in [0, 0.1) is 0 Å². The molecule has 0 fully saturated rings. The Kier molecular flexibility index (Phi) is 4.59. The molecule has 2 amide bonds. The second-order valence-electron chi connectivity index (χ2n) is 3.46. The molecular formula is C11H12F2N2O3. The predicted molar refractivity (Wildman–Crippen MR) is 61.2 cm³/mol. The average molecular weight is 258 g/mol. The number of carbonyl (C=O) groups excluding carboxylic acids is 1. The Bertz CT molecular complexity index is 452. The van der Waals surface area contributed by atoms with Crippen molar-refractivity contribution in [3.63, 3.8) is 0 Å². The van der Waals surface area contributed by atoms with Gasteiger partial charge in [0.25, 0.3) is 6.43 Å². The van der Waals surface area contributed by atoms with Crippen molar-refractivity contribution < 1.29 is 23.5 Å². The summed E-state index contributed by atoms with van der Waals surface area (Å²) in [7, 11) is 1.31. The molecule has 0 bridgehead atoms. The summed E-state index contributed by atoms with van der Waals surface area (Å²) in [6, 6.07) is 5.03. The van der Waals surface area contributed by atoms with Gasteiger partial charge in [-0.1, -0.05) is 12.1 Å². The molecule has 18 heavy (non-hydrogen) atoms. The molecule has 0 aliphatic heterocycles. The first-order valence-corrected chi connectivity index (χ1v) is 5.05. The average Bonchev–Trinajstić information content (AvgIpc) is 2.34. The molecule has 0 heterocycles. The van der Waals surface area contributed by atoms with Crippen LogP contribution >= 0.6 is 0 Å². The Labute approximate surface area is 102 Å². The van der Waals surface area contributed by atoms with Crippen LogP contribution in [0.1, 0.15) is 10.4 Å². The monoisotopic (exact) mass is 258 g/mol. The highest BCUT2D eigenvalue weighted by atomic mass is 19.3. The first kappa shape index (κ1) is 13.9. The van der Waals surface area contributed by atoms with E-state index in [2.05, 4.69) is 0 Å². The molecule has 0 saturated carbocycles. The van der Waals surface area contributed by atoms with Gasteiger partial charge in [-0.15, -0.1) is 0 Å². The number of halogens is 2. The summed E-state index contributed by atoms with van der Waals surface area (Å²) in [4.78, 5) is 23.4. The van der Waals surface area contributed by atoms with E-state index in [0.717, 1.165) is 4.90 Å². The summed E-state index contributed by atoms with van der Waals surface area (Å²) in [6.45, 7) is -0.779. The van der Waals surface area contributed by atoms with Gasteiger partial charge in [0, 0.05) is 7.05 Å². The molecule has 0 aliphatic rings. The second-order valence-corrected chi connectivity index (χ2v) is 3.46. The van der Waals surface area contributed by atoms with Gasteiger partial charge in [-0.3, -0.25) is 4.90 Å². The van der Waals surface area contributed by atoms with Crippen LogP contribution in [0.5, 0.6) is 0 Å². The zero-order valence-corrected chi connectivity index (χ0v) is 9.56. The Hall–Kier alpha value is -2.18. The van der Waals surface area contributed by atoms with E-state index in [-0.39, 0.29) is 11.3 Å². The molecule has 98 valence electrons. The van der Waals surface area contributed by atoms with E-state index in [1.807, 2.05) is 5.32 Å². The number of benzene rings is 1. The van der Waals surface area contributed by atoms with Gasteiger partial charge in [0.1, 0.15) is 0 Å². The summed E-state index contributed by atoms with van der Waals surface area (Å²) in [5.74, 6) is -1.20. The van der Waals surface area contributed by atoms with Gasteiger partial charge in [-0.2, -0.15) is 0 Å². The van der Waals surface area contributed by atoms with E-state index in [1.54, 1.807) is 6.07 Å². The Morgan fingerprint density at radius 3 is 2.56 bits per heavy atom. The minimum absolute atomic E-state index is 0.0767. The van der Waals surface area contributed by atoms with E-state index in [9.17, 15) is 18.4 Å². The Morgan fingerprint density at radius 2 is 2.00 bits per heavy atom. The highest BCUT2D eigenvalue weighted by Gasteiger charge is 2.18. The quantitative estimate of drug-likeness (QED) is 0.865. The number of alkyl halides is 2. The summed E-state index contributed by atoms with van der Waals surface area (Å²) in [5.41, 5.74) is 0.0592. The number of urea groups is 1. The summed E-state index contributed by atoms with van der Waals surface area (Å²) < 4.78 is 23.9. The van der Waals surface area contributed by atoms with Crippen LogP contribution in [0.3, 0.4) is 0 Å². The van der Waals surface area contributed by atoms with Gasteiger partial charge in [0.2, 0.25) is 0 Å². The number of para-hydroxylation sites is 1. The van der Waals surface area contributed by atoms with Crippen LogP contribution in [0.4, 0.5) is 19.3 Å². The SMILES string of the molecule is CN(C(=O)NCC(F)F)c1ccccc1C(=O)O. The molecule has 7 heteroatoms. The van der Waals surface area contributed by atoms with Crippen LogP contribution in [-0.4, -0.2) is 37.1 Å². The van der Waals surface area contributed by atoms with Crippen molar-refractivity contribution in [2.75, 3.05) is 18.5 Å². The van der Waals surface area contributed by atoms with Crippen molar-refractivity contribution in [2.45, 2.75) is 6.43 Å². The number of anilines is 1. The lowest BCUT2D eigenvalue weighted by Crippen LogP contribution is -2.40. The summed E-state index contributed by atoms with van der Waals surface area (Å²) in [5, 5.41) is 10.9. The van der Waals surface area contributed by atoms with Gasteiger partial charge in [0.15, 0.2) is 0 Å². The fourth-order valence-corrected chi connectivity index (χ4v) is 1.34. The minimum Gasteiger partial charge on any atom is -0.478 e. The molecule has 0 aromatic heterocycles. The maximum absolute atomic E-state index is 11.9. The molecule has 2 N–H and O–H groups in total. The smallest absolute Gasteiger partial charge is 0.337 e.